The van der Waals surface area contributed by atoms with Crippen LogP contribution in [0.4, 0.5) is 0 Å². The fraction of sp³-hybridized carbons (Fsp3) is 0.562. The first-order chi connectivity index (χ1) is 10.9. The zero-order valence-electron chi connectivity index (χ0n) is 13.6. The minimum Gasteiger partial charge on any atom is -0.383 e. The molecule has 128 valence electrons. The normalized spacial score (nSPS) is 20.9. The molecule has 1 aromatic rings. The topological polar surface area (TPSA) is 75.7 Å². The zero-order valence-corrected chi connectivity index (χ0v) is 14.4. The molecule has 23 heavy (non-hydrogen) atoms. The van der Waals surface area contributed by atoms with Gasteiger partial charge in [-0.1, -0.05) is 18.2 Å². The Morgan fingerprint density at radius 3 is 2.74 bits per heavy atom. The van der Waals surface area contributed by atoms with Crippen molar-refractivity contribution in [1.82, 2.24) is 9.62 Å². The van der Waals surface area contributed by atoms with Crippen molar-refractivity contribution in [2.45, 2.75) is 30.7 Å². The van der Waals surface area contributed by atoms with Gasteiger partial charge in [-0.3, -0.25) is 4.79 Å². The van der Waals surface area contributed by atoms with Crippen molar-refractivity contribution >= 4 is 15.9 Å². The van der Waals surface area contributed by atoms with Crippen molar-refractivity contribution in [3.8, 4) is 0 Å². The largest absolute Gasteiger partial charge is 0.383 e. The van der Waals surface area contributed by atoms with Gasteiger partial charge in [0.2, 0.25) is 15.9 Å². The van der Waals surface area contributed by atoms with E-state index in [0.717, 1.165) is 0 Å². The van der Waals surface area contributed by atoms with Crippen molar-refractivity contribution in [2.24, 2.45) is 5.92 Å². The number of piperidine rings is 1. The number of carbonyl (C=O) groups excluding carboxylic acids is 1. The lowest BCUT2D eigenvalue weighted by molar-refractivity contribution is -0.127. The van der Waals surface area contributed by atoms with E-state index in [2.05, 4.69) is 5.32 Å². The van der Waals surface area contributed by atoms with Crippen molar-refractivity contribution in [3.05, 3.63) is 30.3 Å². The van der Waals surface area contributed by atoms with Crippen molar-refractivity contribution in [2.75, 3.05) is 26.8 Å². The molecule has 0 radical (unpaired) electrons. The summed E-state index contributed by atoms with van der Waals surface area (Å²) in [5.41, 5.74) is 0. The minimum absolute atomic E-state index is 0.0893. The Kier molecular flexibility index (Phi) is 6.15. The number of nitrogens with one attached hydrogen (secondary N) is 1. The Bertz CT molecular complexity index is 618. The zero-order chi connectivity index (χ0) is 16.9. The molecule has 0 unspecified atom stereocenters. The molecular weight excluding hydrogens is 316 g/mol. The highest BCUT2D eigenvalue weighted by molar-refractivity contribution is 7.89. The van der Waals surface area contributed by atoms with Crippen LogP contribution in [0.25, 0.3) is 0 Å². The summed E-state index contributed by atoms with van der Waals surface area (Å²) in [7, 11) is -1.96. The van der Waals surface area contributed by atoms with Crippen LogP contribution in [0.2, 0.25) is 0 Å². The number of hydrogen-bond donors (Lipinski definition) is 1. The second kappa shape index (κ2) is 7.90. The highest BCUT2D eigenvalue weighted by atomic mass is 32.2. The quantitative estimate of drug-likeness (QED) is 0.845. The van der Waals surface area contributed by atoms with E-state index >= 15 is 0 Å². The SMILES string of the molecule is COC[C@H](C)NC(=O)[C@@H]1CCCN(S(=O)(=O)c2ccccc2)C1. The maximum atomic E-state index is 12.7. The van der Waals surface area contributed by atoms with E-state index in [0.29, 0.717) is 26.0 Å². The lowest BCUT2D eigenvalue weighted by Crippen LogP contribution is -2.47. The number of methoxy groups -OCH3 is 1. The van der Waals surface area contributed by atoms with Crippen molar-refractivity contribution < 1.29 is 17.9 Å². The third kappa shape index (κ3) is 4.53. The molecule has 0 aromatic heterocycles. The number of amides is 1. The Morgan fingerprint density at radius 1 is 1.39 bits per heavy atom. The average Bonchev–Trinajstić information content (AvgIpc) is 2.56. The highest BCUT2D eigenvalue weighted by Gasteiger charge is 2.33. The van der Waals surface area contributed by atoms with E-state index in [4.69, 9.17) is 4.74 Å². The summed E-state index contributed by atoms with van der Waals surface area (Å²) in [6, 6.07) is 8.26. The van der Waals surface area contributed by atoms with Crippen LogP contribution in [0.15, 0.2) is 35.2 Å². The first-order valence-corrected chi connectivity index (χ1v) is 9.23. The summed E-state index contributed by atoms with van der Waals surface area (Å²) in [5, 5.41) is 2.88. The molecule has 0 saturated carbocycles. The third-order valence-electron chi connectivity index (χ3n) is 3.94. The van der Waals surface area contributed by atoms with Gasteiger partial charge in [-0.15, -0.1) is 0 Å². The van der Waals surface area contributed by atoms with E-state index in [-0.39, 0.29) is 29.3 Å². The molecule has 1 heterocycles. The standard InChI is InChI=1S/C16H24N2O4S/c1-13(12-22-2)17-16(19)14-7-6-10-18(11-14)23(20,21)15-8-4-3-5-9-15/h3-5,8-9,13-14H,6-7,10-12H2,1-2H3,(H,17,19)/t13-,14+/m0/s1. The van der Waals surface area contributed by atoms with Gasteiger partial charge in [0.05, 0.1) is 17.4 Å². The predicted molar refractivity (Wildman–Crippen MR) is 87.4 cm³/mol. The summed E-state index contributed by atoms with van der Waals surface area (Å²) in [5.74, 6) is -0.427. The molecule has 1 saturated heterocycles. The Hall–Kier alpha value is -1.44. The van der Waals surface area contributed by atoms with E-state index in [1.54, 1.807) is 37.4 Å². The van der Waals surface area contributed by atoms with Gasteiger partial charge >= 0.3 is 0 Å². The Labute approximate surface area is 137 Å². The minimum atomic E-state index is -3.54. The maximum Gasteiger partial charge on any atom is 0.243 e. The van der Waals surface area contributed by atoms with Gasteiger partial charge in [0.15, 0.2) is 0 Å². The van der Waals surface area contributed by atoms with Crippen LogP contribution in [0, 0.1) is 5.92 Å². The van der Waals surface area contributed by atoms with Gasteiger partial charge < -0.3 is 10.1 Å². The average molecular weight is 340 g/mol. The summed E-state index contributed by atoms with van der Waals surface area (Å²) < 4.78 is 31.7. The van der Waals surface area contributed by atoms with Crippen molar-refractivity contribution in [1.29, 1.82) is 0 Å². The lowest BCUT2D eigenvalue weighted by Gasteiger charge is -2.31. The van der Waals surface area contributed by atoms with Gasteiger partial charge in [-0.2, -0.15) is 4.31 Å². The number of sulfonamides is 1. The fourth-order valence-corrected chi connectivity index (χ4v) is 4.31. The van der Waals surface area contributed by atoms with Crippen LogP contribution in [-0.4, -0.2) is 51.5 Å². The molecular formula is C16H24N2O4S. The summed E-state index contributed by atoms with van der Waals surface area (Å²) >= 11 is 0. The van der Waals surface area contributed by atoms with Gasteiger partial charge in [-0.25, -0.2) is 8.42 Å². The van der Waals surface area contributed by atoms with Crippen LogP contribution in [0.1, 0.15) is 19.8 Å². The highest BCUT2D eigenvalue weighted by Crippen LogP contribution is 2.23. The van der Waals surface area contributed by atoms with E-state index in [1.165, 1.54) is 4.31 Å². The molecule has 2 rings (SSSR count). The molecule has 2 atom stereocenters. The van der Waals surface area contributed by atoms with E-state index in [1.807, 2.05) is 6.92 Å². The lowest BCUT2D eigenvalue weighted by atomic mass is 9.98. The fourth-order valence-electron chi connectivity index (χ4n) is 2.77. The van der Waals surface area contributed by atoms with Crippen LogP contribution >= 0.6 is 0 Å². The monoisotopic (exact) mass is 340 g/mol. The molecule has 0 bridgehead atoms. The second-order valence-corrected chi connectivity index (χ2v) is 7.82. The Balaban J connectivity index is 2.05. The summed E-state index contributed by atoms with van der Waals surface area (Å²) in [6.07, 6.45) is 1.38. The first-order valence-electron chi connectivity index (χ1n) is 7.79. The smallest absolute Gasteiger partial charge is 0.243 e. The molecule has 1 aromatic carbocycles. The molecule has 1 aliphatic heterocycles. The second-order valence-electron chi connectivity index (χ2n) is 5.88. The van der Waals surface area contributed by atoms with Crippen LogP contribution in [0.5, 0.6) is 0 Å². The number of carbonyl (C=O) groups is 1. The van der Waals surface area contributed by atoms with Gasteiger partial charge in [0, 0.05) is 26.2 Å². The van der Waals surface area contributed by atoms with Crippen LogP contribution in [0.3, 0.4) is 0 Å². The van der Waals surface area contributed by atoms with Gasteiger partial charge in [-0.05, 0) is 31.9 Å². The number of nitrogens with zero attached hydrogens (tertiary/aromatic N) is 1. The van der Waals surface area contributed by atoms with Gasteiger partial charge in [0.25, 0.3) is 0 Å². The third-order valence-corrected chi connectivity index (χ3v) is 5.82. The van der Waals surface area contributed by atoms with E-state index < -0.39 is 10.0 Å². The summed E-state index contributed by atoms with van der Waals surface area (Å²) in [6.45, 7) is 2.98. The molecule has 6 nitrogen and oxygen atoms in total. The van der Waals surface area contributed by atoms with Gasteiger partial charge in [0.1, 0.15) is 0 Å². The number of rotatable bonds is 6. The molecule has 1 N–H and O–H groups in total. The molecule has 1 aliphatic rings. The van der Waals surface area contributed by atoms with Crippen LogP contribution < -0.4 is 5.32 Å². The first kappa shape index (κ1) is 17.9. The number of benzene rings is 1. The van der Waals surface area contributed by atoms with E-state index in [9.17, 15) is 13.2 Å². The van der Waals surface area contributed by atoms with Crippen molar-refractivity contribution in [3.63, 3.8) is 0 Å². The predicted octanol–water partition coefficient (Wildman–Crippen LogP) is 1.24. The molecule has 1 fully saturated rings. The van der Waals surface area contributed by atoms with Crippen LogP contribution in [-0.2, 0) is 19.6 Å². The summed E-state index contributed by atoms with van der Waals surface area (Å²) in [4.78, 5) is 12.6. The molecule has 7 heteroatoms. The maximum absolute atomic E-state index is 12.7. The Morgan fingerprint density at radius 2 is 2.09 bits per heavy atom. The molecule has 0 spiro atoms. The number of hydrogen-bond acceptors (Lipinski definition) is 4. The molecule has 0 aliphatic carbocycles. The molecule has 1 amide bonds. The number of ether oxygens (including phenoxy) is 1.